The molecule has 5 heteroatoms. The number of esters is 1. The van der Waals surface area contributed by atoms with Crippen LogP contribution in [0, 0.1) is 0 Å². The van der Waals surface area contributed by atoms with Crippen LogP contribution < -0.4 is 0 Å². The van der Waals surface area contributed by atoms with Crippen molar-refractivity contribution >= 4 is 11.9 Å². The minimum absolute atomic E-state index is 0.0394. The van der Waals surface area contributed by atoms with Crippen LogP contribution in [0.3, 0.4) is 0 Å². The van der Waals surface area contributed by atoms with E-state index >= 15 is 0 Å². The quantitative estimate of drug-likeness (QED) is 0.800. The van der Waals surface area contributed by atoms with Crippen molar-refractivity contribution in [2.24, 2.45) is 0 Å². The van der Waals surface area contributed by atoms with E-state index in [0.717, 1.165) is 19.3 Å². The number of rotatable bonds is 4. The molecule has 114 valence electrons. The molecule has 2 aliphatic rings. The average molecular weight is 290 g/mol. The maximum Gasteiger partial charge on any atom is 0.328 e. The van der Waals surface area contributed by atoms with Crippen molar-refractivity contribution < 1.29 is 14.3 Å². The first-order valence-corrected chi connectivity index (χ1v) is 7.86. The van der Waals surface area contributed by atoms with Crippen LogP contribution >= 0.6 is 0 Å². The third-order valence-electron chi connectivity index (χ3n) is 4.54. The average Bonchev–Trinajstić information content (AvgIpc) is 3.05. The van der Waals surface area contributed by atoms with Gasteiger partial charge in [-0.25, -0.2) is 4.79 Å². The standard InChI is InChI=1S/C16H22N2O3/c1-2-21-16(20)14-9-5-11-18(14)15(19)13-8-4-10-17(13)12-6-3-7-12/h4,8,10,12,14H,2-3,5-7,9,11H2,1H3. The first-order chi connectivity index (χ1) is 10.2. The molecule has 2 heterocycles. The number of hydrogen-bond acceptors (Lipinski definition) is 3. The van der Waals surface area contributed by atoms with E-state index in [-0.39, 0.29) is 11.9 Å². The van der Waals surface area contributed by atoms with E-state index in [1.54, 1.807) is 11.8 Å². The third-order valence-corrected chi connectivity index (χ3v) is 4.54. The number of ether oxygens (including phenoxy) is 1. The van der Waals surface area contributed by atoms with Crippen molar-refractivity contribution in [3.63, 3.8) is 0 Å². The molecule has 21 heavy (non-hydrogen) atoms. The zero-order chi connectivity index (χ0) is 14.8. The Kier molecular flexibility index (Phi) is 3.99. The third kappa shape index (κ3) is 2.57. The van der Waals surface area contributed by atoms with Gasteiger partial charge in [0.25, 0.3) is 5.91 Å². The van der Waals surface area contributed by atoms with Crippen LogP contribution in [0.2, 0.25) is 0 Å². The van der Waals surface area contributed by atoms with E-state index in [9.17, 15) is 9.59 Å². The lowest BCUT2D eigenvalue weighted by atomic mass is 9.93. The second-order valence-electron chi connectivity index (χ2n) is 5.79. The Morgan fingerprint density at radius 3 is 2.76 bits per heavy atom. The number of hydrogen-bond donors (Lipinski definition) is 0. The molecule has 1 unspecified atom stereocenters. The van der Waals surface area contributed by atoms with E-state index < -0.39 is 6.04 Å². The van der Waals surface area contributed by atoms with Gasteiger partial charge in [0, 0.05) is 18.8 Å². The van der Waals surface area contributed by atoms with Crippen molar-refractivity contribution in [2.75, 3.05) is 13.2 Å². The van der Waals surface area contributed by atoms with E-state index in [1.807, 2.05) is 18.3 Å². The largest absolute Gasteiger partial charge is 0.464 e. The normalized spacial score (nSPS) is 22.1. The molecular weight excluding hydrogens is 268 g/mol. The van der Waals surface area contributed by atoms with Gasteiger partial charge in [-0.05, 0) is 51.2 Å². The molecule has 1 aliphatic carbocycles. The first-order valence-electron chi connectivity index (χ1n) is 7.86. The van der Waals surface area contributed by atoms with E-state index in [1.165, 1.54) is 6.42 Å². The SMILES string of the molecule is CCOC(=O)C1CCCN1C(=O)c1cccn1C1CCC1. The topological polar surface area (TPSA) is 51.5 Å². The highest BCUT2D eigenvalue weighted by atomic mass is 16.5. The van der Waals surface area contributed by atoms with Crippen molar-refractivity contribution in [1.29, 1.82) is 0 Å². The lowest BCUT2D eigenvalue weighted by Crippen LogP contribution is -2.42. The Morgan fingerprint density at radius 2 is 2.10 bits per heavy atom. The number of amides is 1. The van der Waals surface area contributed by atoms with Crippen molar-refractivity contribution in [3.05, 3.63) is 24.0 Å². The summed E-state index contributed by atoms with van der Waals surface area (Å²) in [6.45, 7) is 2.79. The van der Waals surface area contributed by atoms with E-state index in [2.05, 4.69) is 4.57 Å². The van der Waals surface area contributed by atoms with Crippen LogP contribution in [-0.4, -0.2) is 40.5 Å². The fourth-order valence-electron chi connectivity index (χ4n) is 3.20. The molecule has 1 amide bonds. The molecule has 1 saturated heterocycles. The van der Waals surface area contributed by atoms with Crippen molar-refractivity contribution in [3.8, 4) is 0 Å². The molecule has 1 aromatic heterocycles. The summed E-state index contributed by atoms with van der Waals surface area (Å²) in [5.41, 5.74) is 0.705. The summed E-state index contributed by atoms with van der Waals surface area (Å²) in [4.78, 5) is 26.5. The van der Waals surface area contributed by atoms with E-state index in [4.69, 9.17) is 4.74 Å². The van der Waals surface area contributed by atoms with Gasteiger partial charge in [0.05, 0.1) is 6.61 Å². The van der Waals surface area contributed by atoms with Gasteiger partial charge in [0.1, 0.15) is 11.7 Å². The predicted molar refractivity (Wildman–Crippen MR) is 78.0 cm³/mol. The highest BCUT2D eigenvalue weighted by Crippen LogP contribution is 2.33. The second-order valence-corrected chi connectivity index (χ2v) is 5.79. The van der Waals surface area contributed by atoms with Gasteiger partial charge in [-0.1, -0.05) is 0 Å². The Balaban J connectivity index is 1.78. The molecule has 0 radical (unpaired) electrons. The molecule has 0 N–H and O–H groups in total. The van der Waals surface area contributed by atoms with Gasteiger partial charge in [0.2, 0.25) is 0 Å². The summed E-state index contributed by atoms with van der Waals surface area (Å²) in [6, 6.07) is 3.81. The molecule has 1 saturated carbocycles. The minimum Gasteiger partial charge on any atom is -0.464 e. The first kappa shape index (κ1) is 14.2. The summed E-state index contributed by atoms with van der Waals surface area (Å²) in [6.07, 6.45) is 7.04. The second kappa shape index (κ2) is 5.92. The molecule has 1 aliphatic heterocycles. The lowest BCUT2D eigenvalue weighted by molar-refractivity contribution is -0.147. The molecule has 2 fully saturated rings. The summed E-state index contributed by atoms with van der Waals surface area (Å²) in [7, 11) is 0. The van der Waals surface area contributed by atoms with Crippen LogP contribution in [0.5, 0.6) is 0 Å². The summed E-state index contributed by atoms with van der Waals surface area (Å²) >= 11 is 0. The van der Waals surface area contributed by atoms with Crippen LogP contribution in [0.4, 0.5) is 0 Å². The zero-order valence-corrected chi connectivity index (χ0v) is 12.5. The fourth-order valence-corrected chi connectivity index (χ4v) is 3.20. The van der Waals surface area contributed by atoms with Gasteiger partial charge in [-0.15, -0.1) is 0 Å². The zero-order valence-electron chi connectivity index (χ0n) is 12.5. The molecule has 1 aromatic rings. The Hall–Kier alpha value is -1.78. The molecule has 0 spiro atoms. The highest BCUT2D eigenvalue weighted by molar-refractivity contribution is 5.96. The lowest BCUT2D eigenvalue weighted by Gasteiger charge is -2.30. The maximum atomic E-state index is 12.8. The van der Waals surface area contributed by atoms with Gasteiger partial charge < -0.3 is 14.2 Å². The summed E-state index contributed by atoms with van der Waals surface area (Å²) in [5.74, 6) is -0.312. The summed E-state index contributed by atoms with van der Waals surface area (Å²) in [5, 5.41) is 0. The molecule has 0 bridgehead atoms. The van der Waals surface area contributed by atoms with Crippen LogP contribution in [-0.2, 0) is 9.53 Å². The van der Waals surface area contributed by atoms with Crippen LogP contribution in [0.25, 0.3) is 0 Å². The Morgan fingerprint density at radius 1 is 1.29 bits per heavy atom. The number of carbonyl (C=O) groups excluding carboxylic acids is 2. The summed E-state index contributed by atoms with van der Waals surface area (Å²) < 4.78 is 7.17. The predicted octanol–water partition coefficient (Wildman–Crippen LogP) is 2.38. The van der Waals surface area contributed by atoms with Gasteiger partial charge in [0.15, 0.2) is 0 Å². The molecular formula is C16H22N2O3. The number of aromatic nitrogens is 1. The van der Waals surface area contributed by atoms with Crippen molar-refractivity contribution in [1.82, 2.24) is 9.47 Å². The van der Waals surface area contributed by atoms with Gasteiger partial charge in [-0.3, -0.25) is 4.79 Å². The minimum atomic E-state index is -0.415. The smallest absolute Gasteiger partial charge is 0.328 e. The number of carbonyl (C=O) groups is 2. The Bertz CT molecular complexity index is 533. The number of nitrogens with zero attached hydrogens (tertiary/aromatic N) is 2. The molecule has 0 aromatic carbocycles. The highest BCUT2D eigenvalue weighted by Gasteiger charge is 2.37. The van der Waals surface area contributed by atoms with Crippen LogP contribution in [0.15, 0.2) is 18.3 Å². The fraction of sp³-hybridized carbons (Fsp3) is 0.625. The van der Waals surface area contributed by atoms with Crippen molar-refractivity contribution in [2.45, 2.75) is 51.1 Å². The van der Waals surface area contributed by atoms with E-state index in [0.29, 0.717) is 31.3 Å². The number of likely N-dealkylation sites (tertiary alicyclic amines) is 1. The molecule has 5 nitrogen and oxygen atoms in total. The van der Waals surface area contributed by atoms with Crippen LogP contribution in [0.1, 0.15) is 55.6 Å². The Labute approximate surface area is 124 Å². The molecule has 3 rings (SSSR count). The van der Waals surface area contributed by atoms with Gasteiger partial charge in [-0.2, -0.15) is 0 Å². The maximum absolute atomic E-state index is 12.8. The molecule has 1 atom stereocenters. The monoisotopic (exact) mass is 290 g/mol. The van der Waals surface area contributed by atoms with Gasteiger partial charge >= 0.3 is 5.97 Å².